The van der Waals surface area contributed by atoms with Crippen LogP contribution in [0.25, 0.3) is 0 Å². The molecule has 2 aromatic rings. The second-order valence-electron chi connectivity index (χ2n) is 6.24. The number of rotatable bonds is 6. The summed E-state index contributed by atoms with van der Waals surface area (Å²) in [6, 6.07) is 6.52. The number of aliphatic imine (C=N–C) groups is 1. The number of aromatic nitrogens is 1. The molecule has 0 aliphatic rings. The smallest absolute Gasteiger partial charge is 0.194 e. The van der Waals surface area contributed by atoms with Gasteiger partial charge >= 0.3 is 0 Å². The van der Waals surface area contributed by atoms with Crippen LogP contribution >= 0.6 is 35.3 Å². The second-order valence-corrected chi connectivity index (χ2v) is 7.13. The van der Waals surface area contributed by atoms with Crippen LogP contribution in [0.5, 0.6) is 0 Å². The van der Waals surface area contributed by atoms with Crippen molar-refractivity contribution in [3.05, 3.63) is 51.0 Å². The Kier molecular flexibility index (Phi) is 9.52. The maximum Gasteiger partial charge on any atom is 0.194 e. The van der Waals surface area contributed by atoms with Gasteiger partial charge in [0.25, 0.3) is 0 Å². The lowest BCUT2D eigenvalue weighted by atomic mass is 10.1. The largest absolute Gasteiger partial charge is 0.375 e. The third kappa shape index (κ3) is 6.21. The van der Waals surface area contributed by atoms with E-state index in [9.17, 15) is 0 Å². The first-order valence-electron chi connectivity index (χ1n) is 8.39. The number of hydrogen-bond donors (Lipinski definition) is 1. The molecule has 1 atom stereocenters. The van der Waals surface area contributed by atoms with Crippen molar-refractivity contribution in [1.29, 1.82) is 0 Å². The zero-order valence-corrected chi connectivity index (χ0v) is 19.5. The van der Waals surface area contributed by atoms with Crippen LogP contribution in [0, 0.1) is 13.8 Å². The Bertz CT molecular complexity index is 732. The number of thiazole rings is 1. The summed E-state index contributed by atoms with van der Waals surface area (Å²) in [5, 5.41) is 6.52. The number of methoxy groups -OCH3 is 1. The van der Waals surface area contributed by atoms with Crippen molar-refractivity contribution in [2.45, 2.75) is 40.0 Å². The van der Waals surface area contributed by atoms with Crippen LogP contribution in [0.15, 0.2) is 28.6 Å². The summed E-state index contributed by atoms with van der Waals surface area (Å²) in [4.78, 5) is 11.1. The molecule has 26 heavy (non-hydrogen) atoms. The summed E-state index contributed by atoms with van der Waals surface area (Å²) in [5.74, 6) is 0.856. The molecule has 0 fully saturated rings. The molecule has 1 heterocycles. The third-order valence-corrected chi connectivity index (χ3v) is 5.23. The standard InChI is InChI=1S/C19H28N4OS.HI/c1-13-7-8-16(14(2)9-13)10-21-19(20-4)23(5)11-17-12-25-18(22-17)15(3)24-6;/h7-9,12,15H,10-11H2,1-6H3,(H,20,21);1H. The van der Waals surface area contributed by atoms with Crippen molar-refractivity contribution in [3.63, 3.8) is 0 Å². The van der Waals surface area contributed by atoms with Crippen molar-refractivity contribution in [3.8, 4) is 0 Å². The number of halogens is 1. The zero-order chi connectivity index (χ0) is 18.4. The number of nitrogens with zero attached hydrogens (tertiary/aromatic N) is 3. The number of hydrogen-bond acceptors (Lipinski definition) is 4. The fourth-order valence-electron chi connectivity index (χ4n) is 2.60. The van der Waals surface area contributed by atoms with Crippen molar-refractivity contribution in [1.82, 2.24) is 15.2 Å². The van der Waals surface area contributed by atoms with E-state index in [1.807, 2.05) is 14.0 Å². The van der Waals surface area contributed by atoms with Gasteiger partial charge in [-0.05, 0) is 31.9 Å². The van der Waals surface area contributed by atoms with Crippen LogP contribution < -0.4 is 5.32 Å². The van der Waals surface area contributed by atoms with Crippen LogP contribution in [-0.4, -0.2) is 37.0 Å². The molecule has 144 valence electrons. The van der Waals surface area contributed by atoms with Gasteiger partial charge in [0, 0.05) is 33.1 Å². The molecule has 0 radical (unpaired) electrons. The molecule has 0 saturated carbocycles. The van der Waals surface area contributed by atoms with Gasteiger partial charge in [-0.1, -0.05) is 23.8 Å². The average Bonchev–Trinajstić information content (AvgIpc) is 3.04. The predicted octanol–water partition coefficient (Wildman–Crippen LogP) is 4.29. The van der Waals surface area contributed by atoms with E-state index in [4.69, 9.17) is 4.74 Å². The summed E-state index contributed by atoms with van der Waals surface area (Å²) in [6.07, 6.45) is 0.0333. The van der Waals surface area contributed by atoms with E-state index < -0.39 is 0 Å². The monoisotopic (exact) mass is 488 g/mol. The zero-order valence-electron chi connectivity index (χ0n) is 16.4. The number of benzene rings is 1. The molecule has 1 unspecified atom stereocenters. The van der Waals surface area contributed by atoms with Gasteiger partial charge in [-0.15, -0.1) is 35.3 Å². The van der Waals surface area contributed by atoms with Gasteiger partial charge in [0.15, 0.2) is 5.96 Å². The number of aryl methyl sites for hydroxylation is 2. The Morgan fingerprint density at radius 3 is 2.73 bits per heavy atom. The Hall–Kier alpha value is -1.19. The quantitative estimate of drug-likeness (QED) is 0.375. The molecule has 5 nitrogen and oxygen atoms in total. The Morgan fingerprint density at radius 2 is 2.12 bits per heavy atom. The molecule has 0 spiro atoms. The van der Waals surface area contributed by atoms with Crippen LogP contribution in [-0.2, 0) is 17.8 Å². The molecule has 7 heteroatoms. The van der Waals surface area contributed by atoms with Crippen molar-refractivity contribution in [2.75, 3.05) is 21.2 Å². The fourth-order valence-corrected chi connectivity index (χ4v) is 3.45. The molecular weight excluding hydrogens is 459 g/mol. The molecule has 0 saturated heterocycles. The van der Waals surface area contributed by atoms with Crippen molar-refractivity contribution >= 4 is 41.3 Å². The highest BCUT2D eigenvalue weighted by Crippen LogP contribution is 2.21. The fraction of sp³-hybridized carbons (Fsp3) is 0.474. The normalized spacial score (nSPS) is 12.5. The Morgan fingerprint density at radius 1 is 1.38 bits per heavy atom. The van der Waals surface area contributed by atoms with E-state index in [2.05, 4.69) is 57.6 Å². The highest BCUT2D eigenvalue weighted by Gasteiger charge is 2.13. The highest BCUT2D eigenvalue weighted by atomic mass is 127. The van der Waals surface area contributed by atoms with Crippen LogP contribution in [0.2, 0.25) is 0 Å². The molecule has 0 aliphatic heterocycles. The van der Waals surface area contributed by atoms with Crippen LogP contribution in [0.1, 0.15) is 40.4 Å². The number of guanidine groups is 1. The van der Waals surface area contributed by atoms with E-state index in [1.54, 1.807) is 25.5 Å². The van der Waals surface area contributed by atoms with Gasteiger partial charge in [-0.25, -0.2) is 4.98 Å². The number of ether oxygens (including phenoxy) is 1. The van der Waals surface area contributed by atoms with Gasteiger partial charge in [-0.3, -0.25) is 4.99 Å². The molecule has 0 aliphatic carbocycles. The van der Waals surface area contributed by atoms with E-state index >= 15 is 0 Å². The SMILES string of the molecule is CN=C(NCc1ccc(C)cc1C)N(C)Cc1csc(C(C)OC)n1.I. The van der Waals surface area contributed by atoms with Crippen molar-refractivity contribution in [2.24, 2.45) is 4.99 Å². The lowest BCUT2D eigenvalue weighted by Crippen LogP contribution is -2.38. The summed E-state index contributed by atoms with van der Waals surface area (Å²) in [6.45, 7) is 7.73. The van der Waals surface area contributed by atoms with E-state index in [0.717, 1.165) is 23.2 Å². The first-order chi connectivity index (χ1) is 11.9. The van der Waals surface area contributed by atoms with Crippen LogP contribution in [0.4, 0.5) is 0 Å². The predicted molar refractivity (Wildman–Crippen MR) is 121 cm³/mol. The molecule has 0 bridgehead atoms. The summed E-state index contributed by atoms with van der Waals surface area (Å²) < 4.78 is 5.33. The minimum atomic E-state index is 0. The number of nitrogens with one attached hydrogen (secondary N) is 1. The molecule has 1 N–H and O–H groups in total. The van der Waals surface area contributed by atoms with Gasteiger partial charge in [0.1, 0.15) is 11.1 Å². The van der Waals surface area contributed by atoms with Gasteiger partial charge < -0.3 is 15.0 Å². The maximum absolute atomic E-state index is 5.33. The highest BCUT2D eigenvalue weighted by molar-refractivity contribution is 14.0. The van der Waals surface area contributed by atoms with Crippen LogP contribution in [0.3, 0.4) is 0 Å². The minimum Gasteiger partial charge on any atom is -0.375 e. The van der Waals surface area contributed by atoms with E-state index in [0.29, 0.717) is 6.54 Å². The molecular formula is C19H29IN4OS. The van der Waals surface area contributed by atoms with E-state index in [-0.39, 0.29) is 30.1 Å². The van der Waals surface area contributed by atoms with Gasteiger partial charge in [0.05, 0.1) is 12.2 Å². The average molecular weight is 488 g/mol. The second kappa shape index (κ2) is 10.8. The lowest BCUT2D eigenvalue weighted by molar-refractivity contribution is 0.119. The third-order valence-electron chi connectivity index (χ3n) is 4.18. The molecule has 1 aromatic carbocycles. The van der Waals surface area contributed by atoms with E-state index in [1.165, 1.54) is 16.7 Å². The summed E-state index contributed by atoms with van der Waals surface area (Å²) >= 11 is 1.63. The molecule has 1 aromatic heterocycles. The minimum absolute atomic E-state index is 0. The first-order valence-corrected chi connectivity index (χ1v) is 9.27. The molecule has 2 rings (SSSR count). The van der Waals surface area contributed by atoms with Crippen molar-refractivity contribution < 1.29 is 4.74 Å². The Balaban J connectivity index is 0.00000338. The summed E-state index contributed by atoms with van der Waals surface area (Å²) in [5.41, 5.74) is 4.89. The lowest BCUT2D eigenvalue weighted by Gasteiger charge is -2.21. The topological polar surface area (TPSA) is 49.8 Å². The molecule has 0 amide bonds. The van der Waals surface area contributed by atoms with Gasteiger partial charge in [-0.2, -0.15) is 0 Å². The Labute approximate surface area is 177 Å². The van der Waals surface area contributed by atoms with Gasteiger partial charge in [0.2, 0.25) is 0 Å². The summed E-state index contributed by atoms with van der Waals surface area (Å²) in [7, 11) is 5.53. The maximum atomic E-state index is 5.33. The first kappa shape index (κ1) is 22.9.